The number of amides is 1. The molecule has 0 fully saturated rings. The Kier molecular flexibility index (Phi) is 9.03. The molecule has 2 aromatic heterocycles. The van der Waals surface area contributed by atoms with E-state index in [2.05, 4.69) is 15.5 Å². The summed E-state index contributed by atoms with van der Waals surface area (Å²) < 4.78 is 16.3. The van der Waals surface area contributed by atoms with Crippen LogP contribution in [0.5, 0.6) is 17.2 Å². The zero-order valence-corrected chi connectivity index (χ0v) is 21.7. The van der Waals surface area contributed by atoms with Crippen LogP contribution in [0.15, 0.2) is 38.0 Å². The maximum atomic E-state index is 13.3. The lowest BCUT2D eigenvalue weighted by Crippen LogP contribution is -2.30. The van der Waals surface area contributed by atoms with E-state index >= 15 is 0 Å². The van der Waals surface area contributed by atoms with Crippen molar-refractivity contribution in [3.8, 4) is 17.2 Å². The first-order chi connectivity index (χ1) is 17.1. The second-order valence-corrected chi connectivity index (χ2v) is 9.65. The number of thioether (sulfide) groups is 1. The van der Waals surface area contributed by atoms with Crippen LogP contribution in [0.1, 0.15) is 73.4 Å². The molecule has 0 aliphatic rings. The summed E-state index contributed by atoms with van der Waals surface area (Å²) in [6.07, 6.45) is 2.35. The van der Waals surface area contributed by atoms with Gasteiger partial charge in [0.2, 0.25) is 23.0 Å². The van der Waals surface area contributed by atoms with E-state index in [0.717, 1.165) is 5.75 Å². The highest BCUT2D eigenvalue weighted by atomic mass is 32.2. The summed E-state index contributed by atoms with van der Waals surface area (Å²) in [6.45, 7) is 5.48. The van der Waals surface area contributed by atoms with Crippen molar-refractivity contribution in [2.24, 2.45) is 0 Å². The summed E-state index contributed by atoms with van der Waals surface area (Å²) in [7, 11) is 1.40. The molecule has 0 saturated heterocycles. The van der Waals surface area contributed by atoms with Crippen molar-refractivity contribution in [3.05, 3.63) is 63.3 Å². The van der Waals surface area contributed by atoms with Crippen molar-refractivity contribution < 1.29 is 28.7 Å². The number of ether oxygens (including phenoxy) is 1. The van der Waals surface area contributed by atoms with Crippen LogP contribution in [0, 0.1) is 6.92 Å². The molecular weight excluding hydrogens is 486 g/mol. The molecule has 0 spiro atoms. The van der Waals surface area contributed by atoms with Gasteiger partial charge in [0, 0.05) is 18.4 Å². The van der Waals surface area contributed by atoms with E-state index < -0.39 is 23.1 Å². The number of aromatic hydroxyl groups is 2. The predicted molar refractivity (Wildman–Crippen MR) is 135 cm³/mol. The highest BCUT2D eigenvalue weighted by Crippen LogP contribution is 2.37. The van der Waals surface area contributed by atoms with Gasteiger partial charge in [-0.1, -0.05) is 25.1 Å². The first-order valence-corrected chi connectivity index (χ1v) is 12.9. The molecule has 3 rings (SSSR count). The Hall–Kier alpha value is -3.47. The summed E-state index contributed by atoms with van der Waals surface area (Å²) >= 11 is 1.62. The van der Waals surface area contributed by atoms with E-state index in [1.165, 1.54) is 25.3 Å². The summed E-state index contributed by atoms with van der Waals surface area (Å²) in [5.41, 5.74) is -0.112. The monoisotopic (exact) mass is 517 g/mol. The summed E-state index contributed by atoms with van der Waals surface area (Å²) in [6, 6.07) is 5.19. The van der Waals surface area contributed by atoms with Gasteiger partial charge in [0.1, 0.15) is 11.8 Å². The van der Waals surface area contributed by atoms with Crippen LogP contribution in [0.4, 0.5) is 0 Å². The fourth-order valence-electron chi connectivity index (χ4n) is 3.69. The van der Waals surface area contributed by atoms with Crippen LogP contribution in [-0.2, 0) is 4.79 Å². The number of carbonyl (C=O) groups excluding carboxylic acids is 1. The van der Waals surface area contributed by atoms with Crippen molar-refractivity contribution in [1.29, 1.82) is 0 Å². The van der Waals surface area contributed by atoms with E-state index in [1.54, 1.807) is 24.8 Å². The first kappa shape index (κ1) is 27.1. The standard InChI is InChI=1S/C25H31N3O7S/c1-13(2)24-27-25(35-28-24)17(8-9-36-5)26-21(31)12-16(15-6-7-18(29)20(11-15)33-4)23-22(32)19(30)10-14(3)34-23/h6-7,10-11,13,16-17,29,32H,8-9,12H2,1-5H3,(H,26,31)/t16-,17-/m1/s1. The van der Waals surface area contributed by atoms with Crippen molar-refractivity contribution >= 4 is 17.7 Å². The van der Waals surface area contributed by atoms with Gasteiger partial charge in [-0.05, 0) is 43.0 Å². The zero-order chi connectivity index (χ0) is 26.4. The number of hydrogen-bond acceptors (Lipinski definition) is 10. The number of aromatic nitrogens is 2. The average molecular weight is 518 g/mol. The third-order valence-electron chi connectivity index (χ3n) is 5.60. The lowest BCUT2D eigenvalue weighted by Gasteiger charge is -2.20. The van der Waals surface area contributed by atoms with Gasteiger partial charge in [-0.2, -0.15) is 16.7 Å². The number of phenols is 1. The Balaban J connectivity index is 1.96. The van der Waals surface area contributed by atoms with Crippen LogP contribution in [0.3, 0.4) is 0 Å². The molecule has 0 radical (unpaired) electrons. The van der Waals surface area contributed by atoms with E-state index in [4.69, 9.17) is 13.7 Å². The van der Waals surface area contributed by atoms with Crippen LogP contribution in [0.25, 0.3) is 0 Å². The fraction of sp³-hybridized carbons (Fsp3) is 0.440. The Morgan fingerprint density at radius 1 is 1.25 bits per heavy atom. The molecular formula is C25H31N3O7S. The predicted octanol–water partition coefficient (Wildman–Crippen LogP) is 4.01. The maximum absolute atomic E-state index is 13.3. The summed E-state index contributed by atoms with van der Waals surface area (Å²) in [4.78, 5) is 30.0. The Morgan fingerprint density at radius 3 is 2.64 bits per heavy atom. The third kappa shape index (κ3) is 6.39. The molecule has 10 nitrogen and oxygen atoms in total. The van der Waals surface area contributed by atoms with E-state index in [-0.39, 0.29) is 41.3 Å². The lowest BCUT2D eigenvalue weighted by molar-refractivity contribution is -0.122. The third-order valence-corrected chi connectivity index (χ3v) is 6.25. The van der Waals surface area contributed by atoms with Gasteiger partial charge in [-0.15, -0.1) is 0 Å². The molecule has 36 heavy (non-hydrogen) atoms. The van der Waals surface area contributed by atoms with Gasteiger partial charge in [-0.25, -0.2) is 0 Å². The largest absolute Gasteiger partial charge is 0.504 e. The first-order valence-electron chi connectivity index (χ1n) is 11.5. The van der Waals surface area contributed by atoms with Crippen molar-refractivity contribution in [1.82, 2.24) is 15.5 Å². The molecule has 0 unspecified atom stereocenters. The number of methoxy groups -OCH3 is 1. The molecule has 2 heterocycles. The number of rotatable bonds is 11. The van der Waals surface area contributed by atoms with Crippen LogP contribution < -0.4 is 15.5 Å². The molecule has 1 aromatic carbocycles. The second kappa shape index (κ2) is 12.0. The highest BCUT2D eigenvalue weighted by Gasteiger charge is 2.29. The van der Waals surface area contributed by atoms with Crippen LogP contribution in [0.2, 0.25) is 0 Å². The lowest BCUT2D eigenvalue weighted by atomic mass is 9.91. The normalized spacial score (nSPS) is 12.9. The van der Waals surface area contributed by atoms with E-state index in [0.29, 0.717) is 23.7 Å². The molecule has 3 aromatic rings. The Labute approximate surface area is 213 Å². The van der Waals surface area contributed by atoms with Gasteiger partial charge >= 0.3 is 0 Å². The highest BCUT2D eigenvalue weighted by molar-refractivity contribution is 7.98. The van der Waals surface area contributed by atoms with E-state index in [9.17, 15) is 19.8 Å². The van der Waals surface area contributed by atoms with Gasteiger partial charge in [0.25, 0.3) is 0 Å². The second-order valence-electron chi connectivity index (χ2n) is 8.67. The van der Waals surface area contributed by atoms with Gasteiger partial charge in [0.15, 0.2) is 23.1 Å². The molecule has 3 N–H and O–H groups in total. The fourth-order valence-corrected chi connectivity index (χ4v) is 4.16. The average Bonchev–Trinajstić information content (AvgIpc) is 3.34. The minimum absolute atomic E-state index is 0.0524. The number of nitrogens with one attached hydrogen (secondary N) is 1. The number of nitrogens with zero attached hydrogens (tertiary/aromatic N) is 2. The topological polar surface area (TPSA) is 148 Å². The van der Waals surface area contributed by atoms with Crippen molar-refractivity contribution in [2.45, 2.75) is 51.5 Å². The molecule has 0 aliphatic carbocycles. The number of hydrogen-bond donors (Lipinski definition) is 3. The van der Waals surface area contributed by atoms with Crippen molar-refractivity contribution in [3.63, 3.8) is 0 Å². The molecule has 194 valence electrons. The Morgan fingerprint density at radius 2 is 2.00 bits per heavy atom. The molecule has 0 bridgehead atoms. The van der Waals surface area contributed by atoms with Gasteiger partial charge in [0.05, 0.1) is 13.0 Å². The molecule has 11 heteroatoms. The van der Waals surface area contributed by atoms with Crippen LogP contribution >= 0.6 is 11.8 Å². The van der Waals surface area contributed by atoms with Crippen LogP contribution in [-0.4, -0.2) is 45.4 Å². The summed E-state index contributed by atoms with van der Waals surface area (Å²) in [5, 5.41) is 27.5. The Bertz CT molecular complexity index is 1250. The molecule has 2 atom stereocenters. The smallest absolute Gasteiger partial charge is 0.249 e. The van der Waals surface area contributed by atoms with Gasteiger partial charge in [-0.3, -0.25) is 9.59 Å². The number of aryl methyl sites for hydroxylation is 1. The van der Waals surface area contributed by atoms with E-state index in [1.807, 2.05) is 20.1 Å². The number of phenolic OH excluding ortho intramolecular Hbond substituents is 1. The van der Waals surface area contributed by atoms with Gasteiger partial charge < -0.3 is 29.2 Å². The zero-order valence-electron chi connectivity index (χ0n) is 20.9. The molecule has 0 saturated carbocycles. The minimum Gasteiger partial charge on any atom is -0.504 e. The molecule has 1 amide bonds. The SMILES string of the molecule is COc1cc([C@@H](CC(=O)N[C@H](CCSC)c2nc(C(C)C)no2)c2oc(C)cc(=O)c2O)ccc1O. The summed E-state index contributed by atoms with van der Waals surface area (Å²) in [5.74, 6) is 0.194. The number of benzene rings is 1. The van der Waals surface area contributed by atoms with Crippen molar-refractivity contribution in [2.75, 3.05) is 19.1 Å². The molecule has 0 aliphatic heterocycles. The number of carbonyl (C=O) groups is 1. The quantitative estimate of drug-likeness (QED) is 0.341. The maximum Gasteiger partial charge on any atom is 0.249 e. The minimum atomic E-state index is -0.845.